The van der Waals surface area contributed by atoms with E-state index < -0.39 is 38.1 Å². The Morgan fingerprint density at radius 2 is 1.71 bits per heavy atom. The molecule has 1 aromatic rings. The van der Waals surface area contributed by atoms with Gasteiger partial charge in [0.15, 0.2) is 8.32 Å². The lowest BCUT2D eigenvalue weighted by Gasteiger charge is -2.41. The smallest absolute Gasteiger partial charge is 0.411 e. The number of hydrogen-bond donors (Lipinski definition) is 0. The summed E-state index contributed by atoms with van der Waals surface area (Å²) in [5, 5.41) is 0.528. The molecule has 0 heterocycles. The van der Waals surface area contributed by atoms with Crippen molar-refractivity contribution in [3.63, 3.8) is 0 Å². The van der Waals surface area contributed by atoms with Gasteiger partial charge in [-0.25, -0.2) is 9.59 Å². The quantitative estimate of drug-likeness (QED) is 0.349. The lowest BCUT2D eigenvalue weighted by molar-refractivity contribution is -0.146. The Morgan fingerprint density at radius 1 is 1.13 bits per heavy atom. The topological polar surface area (TPSA) is 65.1 Å². The van der Waals surface area contributed by atoms with Crippen molar-refractivity contribution >= 4 is 32.0 Å². The zero-order valence-corrected chi connectivity index (χ0v) is 22.3. The molecule has 6 nitrogen and oxygen atoms in total. The summed E-state index contributed by atoms with van der Waals surface area (Å²) in [5.74, 6) is -0.525. The van der Waals surface area contributed by atoms with Crippen LogP contribution in [0.4, 0.5) is 4.79 Å². The predicted octanol–water partition coefficient (Wildman–Crippen LogP) is 6.20. The molecule has 31 heavy (non-hydrogen) atoms. The monoisotopic (exact) mass is 471 g/mol. The van der Waals surface area contributed by atoms with Crippen LogP contribution in [-0.2, 0) is 18.7 Å². The SMILES string of the molecule is COC(=O)[C@@H](C)N(C[C@H](O[Si](C)(C)C(C)(C)C)c1cccc(Cl)c1)C(=O)OC(C)(C)C. The molecule has 0 saturated heterocycles. The van der Waals surface area contributed by atoms with E-state index in [-0.39, 0.29) is 11.6 Å². The van der Waals surface area contributed by atoms with Crippen LogP contribution in [0.1, 0.15) is 60.1 Å². The Balaban J connectivity index is 3.41. The number of rotatable bonds is 7. The predicted molar refractivity (Wildman–Crippen MR) is 127 cm³/mol. The first-order valence-electron chi connectivity index (χ1n) is 10.5. The largest absolute Gasteiger partial charge is 0.467 e. The summed E-state index contributed by atoms with van der Waals surface area (Å²) in [6, 6.07) is 6.54. The second kappa shape index (κ2) is 10.4. The Bertz CT molecular complexity index is 770. The molecule has 0 radical (unpaired) electrons. The molecule has 0 fully saturated rings. The summed E-state index contributed by atoms with van der Waals surface area (Å²) in [7, 11) is -0.927. The van der Waals surface area contributed by atoms with Crippen LogP contribution in [0.15, 0.2) is 24.3 Å². The molecule has 1 aromatic carbocycles. The van der Waals surface area contributed by atoms with Gasteiger partial charge in [0.1, 0.15) is 11.6 Å². The van der Waals surface area contributed by atoms with Crippen molar-refractivity contribution in [2.75, 3.05) is 13.7 Å². The summed E-state index contributed by atoms with van der Waals surface area (Å²) >= 11 is 6.25. The van der Waals surface area contributed by atoms with E-state index in [0.29, 0.717) is 5.02 Å². The number of amides is 1. The third kappa shape index (κ3) is 8.13. The van der Waals surface area contributed by atoms with Gasteiger partial charge in [0.25, 0.3) is 0 Å². The molecule has 1 amide bonds. The van der Waals surface area contributed by atoms with Gasteiger partial charge < -0.3 is 13.9 Å². The van der Waals surface area contributed by atoms with E-state index in [9.17, 15) is 9.59 Å². The number of benzene rings is 1. The normalized spacial score (nSPS) is 14.5. The van der Waals surface area contributed by atoms with Gasteiger partial charge in [-0.05, 0) is 63.5 Å². The molecule has 176 valence electrons. The van der Waals surface area contributed by atoms with Gasteiger partial charge in [-0.2, -0.15) is 0 Å². The van der Waals surface area contributed by atoms with Gasteiger partial charge >= 0.3 is 12.1 Å². The molecule has 0 spiro atoms. The van der Waals surface area contributed by atoms with Crippen LogP contribution in [0.3, 0.4) is 0 Å². The van der Waals surface area contributed by atoms with Crippen molar-refractivity contribution in [2.24, 2.45) is 0 Å². The highest BCUT2D eigenvalue weighted by Crippen LogP contribution is 2.40. The highest BCUT2D eigenvalue weighted by Gasteiger charge is 2.41. The van der Waals surface area contributed by atoms with Gasteiger partial charge in [-0.1, -0.05) is 44.5 Å². The van der Waals surface area contributed by atoms with Gasteiger partial charge in [0, 0.05) is 5.02 Å². The summed E-state index contributed by atoms with van der Waals surface area (Å²) in [6.07, 6.45) is -1.09. The van der Waals surface area contributed by atoms with Gasteiger partial charge in [0.2, 0.25) is 0 Å². The Hall–Kier alpha value is -1.57. The van der Waals surface area contributed by atoms with Gasteiger partial charge in [0.05, 0.1) is 19.8 Å². The van der Waals surface area contributed by atoms with E-state index >= 15 is 0 Å². The number of nitrogens with zero attached hydrogens (tertiary/aromatic N) is 1. The maximum atomic E-state index is 13.0. The third-order valence-corrected chi connectivity index (χ3v) is 10.2. The average molecular weight is 472 g/mol. The molecule has 0 saturated carbocycles. The first kappa shape index (κ1) is 27.5. The highest BCUT2D eigenvalue weighted by atomic mass is 35.5. The van der Waals surface area contributed by atoms with Crippen molar-refractivity contribution in [1.29, 1.82) is 0 Å². The highest BCUT2D eigenvalue weighted by molar-refractivity contribution is 6.74. The average Bonchev–Trinajstić information content (AvgIpc) is 2.61. The molecule has 0 aliphatic rings. The summed E-state index contributed by atoms with van der Waals surface area (Å²) < 4.78 is 17.2. The van der Waals surface area contributed by atoms with Crippen LogP contribution in [0, 0.1) is 0 Å². The molecular weight excluding hydrogens is 434 g/mol. The second-order valence-corrected chi connectivity index (χ2v) is 15.4. The molecular formula is C23H38ClNO5Si. The summed E-state index contributed by atoms with van der Waals surface area (Å²) in [5.41, 5.74) is 0.125. The molecule has 0 aromatic heterocycles. The number of methoxy groups -OCH3 is 1. The minimum atomic E-state index is -2.22. The molecule has 0 N–H and O–H groups in total. The summed E-state index contributed by atoms with van der Waals surface area (Å²) in [4.78, 5) is 26.7. The van der Waals surface area contributed by atoms with Crippen LogP contribution in [0.5, 0.6) is 0 Å². The number of esters is 1. The number of carbonyl (C=O) groups excluding carboxylic acids is 2. The molecule has 8 heteroatoms. The number of carbonyl (C=O) groups is 2. The summed E-state index contributed by atoms with van der Waals surface area (Å²) in [6.45, 7) is 17.8. The maximum absolute atomic E-state index is 13.0. The Kier molecular flexibility index (Phi) is 9.18. The lowest BCUT2D eigenvalue weighted by atomic mass is 10.1. The van der Waals surface area contributed by atoms with Crippen molar-refractivity contribution < 1.29 is 23.5 Å². The minimum absolute atomic E-state index is 0.0471. The molecule has 2 atom stereocenters. The fourth-order valence-corrected chi connectivity index (χ4v) is 4.11. The number of halogens is 1. The van der Waals surface area contributed by atoms with Gasteiger partial charge in [-0.3, -0.25) is 4.90 Å². The Labute approximate surface area is 193 Å². The van der Waals surface area contributed by atoms with Crippen molar-refractivity contribution in [2.45, 2.75) is 84.3 Å². The zero-order valence-electron chi connectivity index (χ0n) is 20.5. The fourth-order valence-electron chi connectivity index (χ4n) is 2.64. The van der Waals surface area contributed by atoms with E-state index in [1.165, 1.54) is 12.0 Å². The van der Waals surface area contributed by atoms with Crippen molar-refractivity contribution in [3.8, 4) is 0 Å². The van der Waals surface area contributed by atoms with Crippen LogP contribution < -0.4 is 0 Å². The minimum Gasteiger partial charge on any atom is -0.467 e. The van der Waals surface area contributed by atoms with E-state index in [0.717, 1.165) is 5.56 Å². The molecule has 1 rings (SSSR count). The number of ether oxygens (including phenoxy) is 2. The fraction of sp³-hybridized carbons (Fsp3) is 0.652. The van der Waals surface area contributed by atoms with Gasteiger partial charge in [-0.15, -0.1) is 0 Å². The molecule has 0 aliphatic carbocycles. The van der Waals surface area contributed by atoms with Crippen molar-refractivity contribution in [3.05, 3.63) is 34.9 Å². The second-order valence-electron chi connectivity index (χ2n) is 10.3. The van der Waals surface area contributed by atoms with Crippen LogP contribution in [0.25, 0.3) is 0 Å². The van der Waals surface area contributed by atoms with E-state index in [1.807, 2.05) is 18.2 Å². The standard InChI is InChI=1S/C23H38ClNO5Si/c1-16(20(26)28-8)25(21(27)29-22(2,3)4)15-19(17-12-11-13-18(24)14-17)30-31(9,10)23(5,6)7/h11-14,16,19H,15H2,1-10H3/t16-,19+/m1/s1. The van der Waals surface area contributed by atoms with Crippen LogP contribution in [0.2, 0.25) is 23.2 Å². The zero-order chi connectivity index (χ0) is 24.2. The lowest BCUT2D eigenvalue weighted by Crippen LogP contribution is -2.50. The molecule has 0 bridgehead atoms. The third-order valence-electron chi connectivity index (χ3n) is 5.46. The van der Waals surface area contributed by atoms with Crippen molar-refractivity contribution in [1.82, 2.24) is 4.90 Å². The van der Waals surface area contributed by atoms with E-state index in [2.05, 4.69) is 33.9 Å². The number of hydrogen-bond acceptors (Lipinski definition) is 5. The first-order chi connectivity index (χ1) is 14.0. The molecule has 0 unspecified atom stereocenters. The molecule has 0 aliphatic heterocycles. The van der Waals surface area contributed by atoms with E-state index in [1.54, 1.807) is 33.8 Å². The van der Waals surface area contributed by atoms with Crippen LogP contribution in [-0.4, -0.2) is 50.6 Å². The first-order valence-corrected chi connectivity index (χ1v) is 13.8. The Morgan fingerprint density at radius 3 is 2.16 bits per heavy atom. The maximum Gasteiger partial charge on any atom is 0.411 e. The van der Waals surface area contributed by atoms with Crippen LogP contribution >= 0.6 is 11.6 Å². The van der Waals surface area contributed by atoms with E-state index in [4.69, 9.17) is 25.5 Å².